The van der Waals surface area contributed by atoms with Gasteiger partial charge in [0, 0.05) is 31.1 Å². The zero-order chi connectivity index (χ0) is 29.6. The van der Waals surface area contributed by atoms with E-state index < -0.39 is 12.1 Å². The van der Waals surface area contributed by atoms with Crippen LogP contribution in [-0.2, 0) is 20.8 Å². The quantitative estimate of drug-likeness (QED) is 0.133. The second-order valence-electron chi connectivity index (χ2n) is 10.7. The number of hydrogen-bond acceptors (Lipinski definition) is 7. The van der Waals surface area contributed by atoms with E-state index in [1.807, 2.05) is 18.2 Å². The van der Waals surface area contributed by atoms with Gasteiger partial charge in [-0.25, -0.2) is 4.98 Å². The topological polar surface area (TPSA) is 164 Å². The molecule has 2 aliphatic heterocycles. The molecular formula is C30H35N7O4S. The number of aromatic nitrogens is 1. The van der Waals surface area contributed by atoms with Gasteiger partial charge in [-0.1, -0.05) is 42.5 Å². The number of carbonyl (C=O) groups is 4. The molecule has 2 aliphatic rings. The van der Waals surface area contributed by atoms with Crippen LogP contribution in [0.5, 0.6) is 0 Å². The van der Waals surface area contributed by atoms with E-state index in [-0.39, 0.29) is 42.1 Å². The first-order valence-corrected chi connectivity index (χ1v) is 15.0. The Kier molecular flexibility index (Phi) is 9.11. The number of aryl methyl sites for hydroxylation is 1. The lowest BCUT2D eigenvalue weighted by Gasteiger charge is -2.39. The van der Waals surface area contributed by atoms with Crippen LogP contribution in [0.3, 0.4) is 0 Å². The molecule has 42 heavy (non-hydrogen) atoms. The third-order valence-corrected chi connectivity index (χ3v) is 8.65. The molecule has 220 valence electrons. The van der Waals surface area contributed by atoms with Gasteiger partial charge < -0.3 is 26.6 Å². The second kappa shape index (κ2) is 13.1. The number of benzene rings is 2. The summed E-state index contributed by atoms with van der Waals surface area (Å²) in [6, 6.07) is 12.5. The van der Waals surface area contributed by atoms with Gasteiger partial charge in [-0.05, 0) is 48.4 Å². The number of ketones is 1. The fourth-order valence-corrected chi connectivity index (χ4v) is 6.42. The van der Waals surface area contributed by atoms with Crippen molar-refractivity contribution in [2.75, 3.05) is 19.6 Å². The number of nitrogens with two attached hydrogens (primary N) is 2. The van der Waals surface area contributed by atoms with Crippen LogP contribution in [0, 0.1) is 0 Å². The Morgan fingerprint density at radius 2 is 1.93 bits per heavy atom. The van der Waals surface area contributed by atoms with Crippen molar-refractivity contribution in [1.82, 2.24) is 20.1 Å². The highest BCUT2D eigenvalue weighted by atomic mass is 32.1. The molecular weight excluding hydrogens is 554 g/mol. The minimum absolute atomic E-state index is 0.0383. The van der Waals surface area contributed by atoms with Gasteiger partial charge in [0.15, 0.2) is 11.0 Å². The summed E-state index contributed by atoms with van der Waals surface area (Å²) in [4.78, 5) is 64.1. The molecule has 12 heteroatoms. The molecule has 2 aromatic carbocycles. The summed E-state index contributed by atoms with van der Waals surface area (Å²) in [5, 5.41) is 7.16. The summed E-state index contributed by atoms with van der Waals surface area (Å²) in [6.07, 6.45) is 4.31. The van der Waals surface area contributed by atoms with Crippen molar-refractivity contribution >= 4 is 51.6 Å². The number of piperazine rings is 1. The number of hydrogen-bond donors (Lipinski definition) is 3. The monoisotopic (exact) mass is 589 g/mol. The summed E-state index contributed by atoms with van der Waals surface area (Å²) in [5.41, 5.74) is 11.9. The number of guanidine groups is 1. The number of nitrogens with zero attached hydrogens (tertiary/aromatic N) is 4. The summed E-state index contributed by atoms with van der Waals surface area (Å²) < 4.78 is 0. The van der Waals surface area contributed by atoms with E-state index in [9.17, 15) is 19.2 Å². The summed E-state index contributed by atoms with van der Waals surface area (Å²) in [7, 11) is 0. The Morgan fingerprint density at radius 3 is 2.69 bits per heavy atom. The fraction of sp³-hybridized carbons (Fsp3) is 0.400. The number of aliphatic imine (C=N–C) groups is 1. The standard InChI is InChI=1S/C30H35N7O4S/c31-30(32)34-13-3-6-23(27(40)29-33-14-15-42-29)35-28(41)24-11-10-22-17-36(18-26(39)37(22)24)25(38)12-8-19-7-9-20-4-1-2-5-21(20)16-19/h1-2,4-5,7,9,14-16,22-24H,3,6,8,10-13,17-18H2,(H,35,41)(H4,31,32,34)/t22-,23?,24?/m0/s1. The van der Waals surface area contributed by atoms with Gasteiger partial charge in [0.2, 0.25) is 23.5 Å². The zero-order valence-corrected chi connectivity index (χ0v) is 24.1. The Balaban J connectivity index is 1.18. The molecule has 11 nitrogen and oxygen atoms in total. The number of rotatable bonds is 11. The molecule has 3 aromatic rings. The molecule has 1 aromatic heterocycles. The predicted octanol–water partition coefficient (Wildman–Crippen LogP) is 1.85. The molecule has 0 spiro atoms. The molecule has 0 bridgehead atoms. The number of nitrogens with one attached hydrogen (secondary N) is 1. The van der Waals surface area contributed by atoms with Crippen LogP contribution in [-0.4, -0.2) is 82.0 Å². The lowest BCUT2D eigenvalue weighted by atomic mass is 10.0. The Bertz CT molecular complexity index is 1490. The summed E-state index contributed by atoms with van der Waals surface area (Å²) >= 11 is 1.21. The largest absolute Gasteiger partial charge is 0.370 e. The van der Waals surface area contributed by atoms with Crippen molar-refractivity contribution in [3.63, 3.8) is 0 Å². The van der Waals surface area contributed by atoms with Crippen LogP contribution in [0.4, 0.5) is 0 Å². The van der Waals surface area contributed by atoms with Gasteiger partial charge in [-0.3, -0.25) is 24.2 Å². The first kappa shape index (κ1) is 29.2. The highest BCUT2D eigenvalue weighted by Crippen LogP contribution is 2.29. The molecule has 5 rings (SSSR count). The molecule has 3 heterocycles. The average Bonchev–Trinajstić information content (AvgIpc) is 3.68. The van der Waals surface area contributed by atoms with Gasteiger partial charge in [-0.15, -0.1) is 11.3 Å². The van der Waals surface area contributed by atoms with Crippen molar-refractivity contribution in [3.8, 4) is 0 Å². The maximum Gasteiger partial charge on any atom is 0.243 e. The van der Waals surface area contributed by atoms with Crippen molar-refractivity contribution in [1.29, 1.82) is 0 Å². The molecule has 0 saturated carbocycles. The van der Waals surface area contributed by atoms with Gasteiger partial charge in [0.1, 0.15) is 6.04 Å². The Morgan fingerprint density at radius 1 is 1.12 bits per heavy atom. The maximum atomic E-state index is 13.4. The molecule has 5 N–H and O–H groups in total. The number of Topliss-reactive ketones (excluding diaryl/α,β-unsaturated/α-hetero) is 1. The van der Waals surface area contributed by atoms with Gasteiger partial charge in [-0.2, -0.15) is 0 Å². The SMILES string of the molecule is NC(N)=NCCCC(NC(=O)C1CC[C@H]2CN(C(=O)CCc3ccc4ccccc4c3)CC(=O)N12)C(=O)c1nccs1. The summed E-state index contributed by atoms with van der Waals surface area (Å²) in [6.45, 7) is 0.656. The van der Waals surface area contributed by atoms with E-state index >= 15 is 0 Å². The van der Waals surface area contributed by atoms with Gasteiger partial charge in [0.25, 0.3) is 0 Å². The average molecular weight is 590 g/mol. The minimum atomic E-state index is -0.815. The number of thiazole rings is 1. The lowest BCUT2D eigenvalue weighted by molar-refractivity contribution is -0.151. The van der Waals surface area contributed by atoms with Crippen LogP contribution < -0.4 is 16.8 Å². The van der Waals surface area contributed by atoms with Crippen LogP contribution in [0.1, 0.15) is 47.5 Å². The van der Waals surface area contributed by atoms with Crippen LogP contribution in [0.2, 0.25) is 0 Å². The highest BCUT2D eigenvalue weighted by Gasteiger charge is 2.46. The van der Waals surface area contributed by atoms with Crippen molar-refractivity contribution in [2.45, 2.75) is 56.7 Å². The van der Waals surface area contributed by atoms with Gasteiger partial charge >= 0.3 is 0 Å². The minimum Gasteiger partial charge on any atom is -0.370 e. The number of amides is 3. The van der Waals surface area contributed by atoms with Crippen LogP contribution in [0.15, 0.2) is 59.0 Å². The number of fused-ring (bicyclic) bond motifs is 2. The molecule has 2 saturated heterocycles. The smallest absolute Gasteiger partial charge is 0.243 e. The molecule has 2 unspecified atom stereocenters. The van der Waals surface area contributed by atoms with Crippen LogP contribution in [0.25, 0.3) is 10.8 Å². The summed E-state index contributed by atoms with van der Waals surface area (Å²) in [5.74, 6) is -1.02. The molecule has 2 fully saturated rings. The van der Waals surface area contributed by atoms with Crippen molar-refractivity contribution in [3.05, 3.63) is 64.6 Å². The zero-order valence-electron chi connectivity index (χ0n) is 23.3. The molecule has 3 amide bonds. The first-order valence-electron chi connectivity index (χ1n) is 14.2. The second-order valence-corrected chi connectivity index (χ2v) is 11.6. The van der Waals surface area contributed by atoms with Gasteiger partial charge in [0.05, 0.1) is 18.6 Å². The predicted molar refractivity (Wildman–Crippen MR) is 161 cm³/mol. The van der Waals surface area contributed by atoms with E-state index in [1.54, 1.807) is 21.4 Å². The van der Waals surface area contributed by atoms with E-state index in [0.717, 1.165) is 16.3 Å². The molecule has 0 aliphatic carbocycles. The van der Waals surface area contributed by atoms with E-state index in [0.29, 0.717) is 56.6 Å². The van der Waals surface area contributed by atoms with E-state index in [4.69, 9.17) is 11.5 Å². The normalized spacial score (nSPS) is 18.9. The fourth-order valence-electron chi connectivity index (χ4n) is 5.79. The van der Waals surface area contributed by atoms with Crippen molar-refractivity contribution in [2.24, 2.45) is 16.5 Å². The first-order chi connectivity index (χ1) is 20.3. The van der Waals surface area contributed by atoms with Crippen LogP contribution >= 0.6 is 11.3 Å². The highest BCUT2D eigenvalue weighted by molar-refractivity contribution is 7.11. The van der Waals surface area contributed by atoms with E-state index in [1.165, 1.54) is 11.3 Å². The maximum absolute atomic E-state index is 13.4. The van der Waals surface area contributed by atoms with E-state index in [2.05, 4.69) is 39.6 Å². The number of carbonyl (C=O) groups excluding carboxylic acids is 4. The molecule has 0 radical (unpaired) electrons. The lowest BCUT2D eigenvalue weighted by Crippen LogP contribution is -2.60. The third kappa shape index (κ3) is 6.76. The molecule has 3 atom stereocenters. The Hall–Kier alpha value is -4.32. The third-order valence-electron chi connectivity index (χ3n) is 7.87. The Labute approximate surface area is 248 Å². The van der Waals surface area contributed by atoms with Crippen molar-refractivity contribution < 1.29 is 19.2 Å².